The Morgan fingerprint density at radius 3 is 1.92 bits per heavy atom. The van der Waals surface area contributed by atoms with Crippen molar-refractivity contribution in [3.8, 4) is 0 Å². The molecule has 3 saturated heterocycles. The molecule has 0 spiro atoms. The zero-order valence-corrected chi connectivity index (χ0v) is 56.8. The van der Waals surface area contributed by atoms with E-state index in [-0.39, 0.29) is 71.9 Å². The number of nitrogens with one attached hydrogen (secondary N) is 4. The van der Waals surface area contributed by atoms with Gasteiger partial charge in [-0.2, -0.15) is 0 Å². The number of ether oxygens (including phenoxy) is 9. The molecule has 0 unspecified atom stereocenters. The van der Waals surface area contributed by atoms with E-state index in [0.717, 1.165) is 48.5 Å². The minimum Gasteiger partial charge on any atom is -0.455 e. The molecule has 3 heterocycles. The lowest BCUT2D eigenvalue weighted by molar-refractivity contribution is -0.346. The molecule has 2 saturated carbocycles. The van der Waals surface area contributed by atoms with Crippen LogP contribution in [0.2, 0.25) is 0 Å². The van der Waals surface area contributed by atoms with Gasteiger partial charge in [0.15, 0.2) is 17.5 Å². The molecule has 6 aliphatic rings. The van der Waals surface area contributed by atoms with Gasteiger partial charge in [0.1, 0.15) is 42.6 Å². The summed E-state index contributed by atoms with van der Waals surface area (Å²) in [6, 6.07) is 20.9. The number of rotatable bonds is 27. The van der Waals surface area contributed by atoms with Gasteiger partial charge < -0.3 is 74.1 Å². The molecule has 3 aromatic carbocycles. The second-order valence-electron chi connectivity index (χ2n) is 25.5. The van der Waals surface area contributed by atoms with Gasteiger partial charge in [-0.05, 0) is 54.8 Å². The highest BCUT2D eigenvalue weighted by atomic mass is 33.1. The highest BCUT2D eigenvalue weighted by Crippen LogP contribution is 2.64. The number of nitrogens with zero attached hydrogens (tertiary/aromatic N) is 2. The Labute approximate surface area is 570 Å². The molecule has 0 radical (unpaired) electrons. The molecule has 526 valence electrons. The van der Waals surface area contributed by atoms with Gasteiger partial charge in [0.2, 0.25) is 23.8 Å². The lowest BCUT2D eigenvalue weighted by Crippen LogP contribution is -2.82. The summed E-state index contributed by atoms with van der Waals surface area (Å²) >= 11 is 0. The third kappa shape index (κ3) is 17.2. The topological polar surface area (TPSA) is 349 Å². The van der Waals surface area contributed by atoms with Gasteiger partial charge in [0, 0.05) is 95.8 Å². The lowest BCUT2D eigenvalue weighted by atomic mass is 9.44. The number of hydrogen-bond donors (Lipinski definition) is 6. The van der Waals surface area contributed by atoms with Crippen molar-refractivity contribution in [2.45, 2.75) is 121 Å². The van der Waals surface area contributed by atoms with Crippen molar-refractivity contribution in [1.29, 1.82) is 0 Å². The van der Waals surface area contributed by atoms with Gasteiger partial charge >= 0.3 is 30.0 Å². The Hall–Kier alpha value is -7.48. The number of carbonyl (C=O) groups is 10. The largest absolute Gasteiger partial charge is 0.509 e. The second-order valence-corrected chi connectivity index (χ2v) is 28.1. The normalized spacial score (nSPS) is 26.9. The van der Waals surface area contributed by atoms with Gasteiger partial charge in [-0.1, -0.05) is 102 Å². The van der Waals surface area contributed by atoms with Crippen LogP contribution in [0, 0.1) is 16.7 Å². The van der Waals surface area contributed by atoms with Crippen LogP contribution >= 0.6 is 21.6 Å². The van der Waals surface area contributed by atoms with E-state index in [4.69, 9.17) is 42.6 Å². The van der Waals surface area contributed by atoms with E-state index < -0.39 is 143 Å². The average Bonchev–Trinajstić information content (AvgIpc) is 0.670. The van der Waals surface area contributed by atoms with E-state index in [1.54, 1.807) is 66.7 Å². The SMILES string of the molecule is CC(=O)O[C@H]1C(=O)[C@@]2(C)[C@H]([C@H](OC(=O)c3ccccc3)[C@]3(O)C[C@H](OC(=O)[C@H](OC(=O)OCCSSCC(=O)N[C@H](CC(=O)NCCN4CCOCC4)C(=O)NCCN4CCOCC4)[C@@H](NC(=O)c4ccccc4)c4ccccc4)C(C)=C1C3(C)C)[C@]1(OC(C)=O)CO[C@@H]1C[C@@H]2O. The maximum Gasteiger partial charge on any atom is 0.509 e. The highest BCUT2D eigenvalue weighted by Gasteiger charge is 2.78. The van der Waals surface area contributed by atoms with Crippen LogP contribution < -0.4 is 21.3 Å². The van der Waals surface area contributed by atoms with E-state index in [0.29, 0.717) is 59.2 Å². The molecule has 97 heavy (non-hydrogen) atoms. The maximum atomic E-state index is 15.9. The molecule has 0 aromatic heterocycles. The first kappa shape index (κ1) is 73.8. The average molecular weight is 1390 g/mol. The molecule has 3 aromatic rings. The van der Waals surface area contributed by atoms with E-state index >= 15 is 9.59 Å². The minimum absolute atomic E-state index is 0.00899. The van der Waals surface area contributed by atoms with Gasteiger partial charge in [-0.25, -0.2) is 14.4 Å². The van der Waals surface area contributed by atoms with Crippen LogP contribution in [0.1, 0.15) is 93.1 Å². The number of amides is 4. The summed E-state index contributed by atoms with van der Waals surface area (Å²) in [6.45, 7) is 14.3. The molecule has 6 N–H and O–H groups in total. The van der Waals surface area contributed by atoms with Crippen molar-refractivity contribution in [2.24, 2.45) is 16.7 Å². The van der Waals surface area contributed by atoms with Crippen molar-refractivity contribution in [3.05, 3.63) is 119 Å². The van der Waals surface area contributed by atoms with Crippen molar-refractivity contribution >= 4 is 81.0 Å². The van der Waals surface area contributed by atoms with E-state index in [1.165, 1.54) is 52.0 Å². The molecule has 5 fully saturated rings. The van der Waals surface area contributed by atoms with Crippen molar-refractivity contribution in [1.82, 2.24) is 31.1 Å². The number of aliphatic hydroxyl groups is 2. The summed E-state index contributed by atoms with van der Waals surface area (Å²) in [7, 11) is 2.19. The van der Waals surface area contributed by atoms with Crippen LogP contribution in [0.3, 0.4) is 0 Å². The zero-order chi connectivity index (χ0) is 69.7. The van der Waals surface area contributed by atoms with Crippen molar-refractivity contribution < 1.29 is 101 Å². The fourth-order valence-corrected chi connectivity index (χ4v) is 15.6. The number of hydrogen-bond acceptors (Lipinski definition) is 25. The Morgan fingerprint density at radius 1 is 0.732 bits per heavy atom. The van der Waals surface area contributed by atoms with Crippen LogP contribution in [-0.4, -0.2) is 237 Å². The molecular formula is C68H86N6O21S2. The first-order valence-electron chi connectivity index (χ1n) is 32.4. The molecule has 9 rings (SSSR count). The number of Topliss-reactive ketones (excluding diaryl/α,β-unsaturated/α-hetero) is 1. The molecule has 4 amide bonds. The summed E-state index contributed by atoms with van der Waals surface area (Å²) in [5, 5.41) is 37.6. The van der Waals surface area contributed by atoms with Crippen molar-refractivity contribution in [3.63, 3.8) is 0 Å². The second kappa shape index (κ2) is 32.9. The number of aliphatic hydroxyl groups excluding tert-OH is 1. The molecule has 3 aliphatic heterocycles. The quantitative estimate of drug-likeness (QED) is 0.0210. The molecular weight excluding hydrogens is 1300 g/mol. The van der Waals surface area contributed by atoms with Gasteiger partial charge in [-0.3, -0.25) is 43.4 Å². The summed E-state index contributed by atoms with van der Waals surface area (Å²) in [4.78, 5) is 146. The summed E-state index contributed by atoms with van der Waals surface area (Å²) in [6.07, 6.45) is -13.1. The van der Waals surface area contributed by atoms with Gasteiger partial charge in [0.05, 0.1) is 68.2 Å². The predicted octanol–water partition coefficient (Wildman–Crippen LogP) is 3.05. The van der Waals surface area contributed by atoms with Crippen LogP contribution in [-0.2, 0) is 76.2 Å². The molecule has 12 atom stereocenters. The van der Waals surface area contributed by atoms with Crippen LogP contribution in [0.4, 0.5) is 4.79 Å². The van der Waals surface area contributed by atoms with Crippen LogP contribution in [0.5, 0.6) is 0 Å². The Balaban J connectivity index is 0.962. The molecule has 27 nitrogen and oxygen atoms in total. The Morgan fingerprint density at radius 2 is 1.33 bits per heavy atom. The van der Waals surface area contributed by atoms with Crippen LogP contribution in [0.15, 0.2) is 102 Å². The lowest BCUT2D eigenvalue weighted by Gasteiger charge is -2.67. The number of fused-ring (bicyclic) bond motifs is 5. The number of esters is 4. The van der Waals surface area contributed by atoms with Gasteiger partial charge in [0.25, 0.3) is 5.91 Å². The predicted molar refractivity (Wildman–Crippen MR) is 350 cm³/mol. The standard InChI is InChI=1S/C68H86N6O21S2/c1-41-48(38-68(86)59(94-62(83)46-20-14-9-15-21-46)57-66(6,49(77)37-50-67(57,40-90-50)95-43(3)76)58(80)55(91-42(2)75)53(41)65(68,4)5)92-63(84)56(54(44-16-10-7-11-17-44)72-60(81)45-18-12-8-13-19-45)93-64(85)89-34-35-96-97-39-52(79)71-47(61(82)70-23-25-74-28-32-88-33-29-74)36-51(78)69-22-24-73-26-30-87-31-27-73/h7-21,47-50,54-57,59,77,86H,22-40H2,1-6H3,(H,69,78)(H,70,82)(H,71,79)(H,72,81)/t47-,48+,49+,50-,54+,55-,56-,57+,59+,66-,67+,68-/m1/s1. The maximum absolute atomic E-state index is 15.9. The molecule has 2 bridgehead atoms. The minimum atomic E-state index is -2.54. The highest BCUT2D eigenvalue weighted by molar-refractivity contribution is 8.76. The summed E-state index contributed by atoms with van der Waals surface area (Å²) < 4.78 is 53.3. The van der Waals surface area contributed by atoms with Crippen molar-refractivity contribution in [2.75, 3.05) is 104 Å². The van der Waals surface area contributed by atoms with E-state index in [2.05, 4.69) is 31.1 Å². The number of ketones is 1. The first-order valence-corrected chi connectivity index (χ1v) is 34.9. The Kier molecular flexibility index (Phi) is 25.0. The fourth-order valence-electron chi connectivity index (χ4n) is 13.9. The monoisotopic (exact) mass is 1390 g/mol. The molecule has 3 aliphatic carbocycles. The zero-order valence-electron chi connectivity index (χ0n) is 55.2. The molecule has 29 heteroatoms. The third-order valence-corrected chi connectivity index (χ3v) is 21.3. The third-order valence-electron chi connectivity index (χ3n) is 19.1. The van der Waals surface area contributed by atoms with Crippen LogP contribution in [0.25, 0.3) is 0 Å². The Bertz CT molecular complexity index is 3360. The summed E-state index contributed by atoms with van der Waals surface area (Å²) in [5.41, 5.74) is -8.00. The number of benzene rings is 3. The van der Waals surface area contributed by atoms with E-state index in [1.807, 2.05) is 0 Å². The van der Waals surface area contributed by atoms with Gasteiger partial charge in [-0.15, -0.1) is 0 Å². The fraction of sp³-hybridized carbons (Fsp3) is 0.559. The van der Waals surface area contributed by atoms with E-state index in [9.17, 15) is 48.6 Å². The summed E-state index contributed by atoms with van der Waals surface area (Å²) in [5.74, 6) is -9.07. The number of morpholine rings is 2. The smallest absolute Gasteiger partial charge is 0.455 e. The number of carbonyl (C=O) groups excluding carboxylic acids is 10. The first-order chi connectivity index (χ1) is 46.4.